The SMILES string of the molecule is COC(C)(C)C(=O)N1C[C@@H](Cc2cc(C)no2)[C@@H](O)C1. The maximum atomic E-state index is 12.3. The fourth-order valence-electron chi connectivity index (χ4n) is 2.46. The minimum Gasteiger partial charge on any atom is -0.391 e. The Morgan fingerprint density at radius 1 is 1.60 bits per heavy atom. The summed E-state index contributed by atoms with van der Waals surface area (Å²) in [6.45, 7) is 6.16. The second-order valence-corrected chi connectivity index (χ2v) is 5.89. The van der Waals surface area contributed by atoms with Crippen LogP contribution in [0.15, 0.2) is 10.6 Å². The van der Waals surface area contributed by atoms with Crippen molar-refractivity contribution in [2.45, 2.75) is 38.9 Å². The van der Waals surface area contributed by atoms with Gasteiger partial charge in [0.05, 0.1) is 11.8 Å². The van der Waals surface area contributed by atoms with Gasteiger partial charge in [0.1, 0.15) is 11.4 Å². The summed E-state index contributed by atoms with van der Waals surface area (Å²) in [5, 5.41) is 14.0. The lowest BCUT2D eigenvalue weighted by atomic mass is 10.0. The quantitative estimate of drug-likeness (QED) is 0.882. The molecular formula is C14H22N2O4. The Morgan fingerprint density at radius 2 is 2.30 bits per heavy atom. The Labute approximate surface area is 118 Å². The summed E-state index contributed by atoms with van der Waals surface area (Å²) in [7, 11) is 1.51. The number of ether oxygens (including phenoxy) is 1. The molecule has 2 atom stereocenters. The van der Waals surface area contributed by atoms with E-state index in [-0.39, 0.29) is 11.8 Å². The van der Waals surface area contributed by atoms with Gasteiger partial charge in [-0.3, -0.25) is 4.79 Å². The zero-order chi connectivity index (χ0) is 14.9. The highest BCUT2D eigenvalue weighted by Gasteiger charge is 2.40. The number of β-amino-alcohol motifs (C(OH)–C–C–N with tert-alkyl or cyclic N) is 1. The molecule has 112 valence electrons. The van der Waals surface area contributed by atoms with Crippen LogP contribution in [0.3, 0.4) is 0 Å². The van der Waals surface area contributed by atoms with Crippen molar-refractivity contribution < 1.29 is 19.2 Å². The van der Waals surface area contributed by atoms with Gasteiger partial charge in [0, 0.05) is 38.6 Å². The van der Waals surface area contributed by atoms with Crippen LogP contribution in [0.1, 0.15) is 25.3 Å². The molecule has 0 aromatic carbocycles. The third kappa shape index (κ3) is 3.02. The van der Waals surface area contributed by atoms with Crippen LogP contribution in [0.5, 0.6) is 0 Å². The van der Waals surface area contributed by atoms with Gasteiger partial charge in [0.15, 0.2) is 0 Å². The predicted octanol–water partition coefficient (Wildman–Crippen LogP) is 0.770. The molecule has 0 bridgehead atoms. The largest absolute Gasteiger partial charge is 0.391 e. The predicted molar refractivity (Wildman–Crippen MR) is 72.1 cm³/mol. The first-order valence-corrected chi connectivity index (χ1v) is 6.78. The van der Waals surface area contributed by atoms with Crippen molar-refractivity contribution in [2.24, 2.45) is 5.92 Å². The number of methoxy groups -OCH3 is 1. The zero-order valence-electron chi connectivity index (χ0n) is 12.4. The van der Waals surface area contributed by atoms with E-state index in [1.54, 1.807) is 18.7 Å². The molecule has 0 radical (unpaired) electrons. The highest BCUT2D eigenvalue weighted by atomic mass is 16.5. The molecule has 0 saturated carbocycles. The standard InChI is InChI=1S/C14H22N2O4/c1-9-5-11(20-15-9)6-10-7-16(8-12(10)17)13(18)14(2,3)19-4/h5,10,12,17H,6-8H2,1-4H3/t10-,12+/m1/s1. The molecular weight excluding hydrogens is 260 g/mol. The van der Waals surface area contributed by atoms with Crippen LogP contribution in [0.4, 0.5) is 0 Å². The average molecular weight is 282 g/mol. The topological polar surface area (TPSA) is 75.8 Å². The maximum absolute atomic E-state index is 12.3. The molecule has 2 heterocycles. The van der Waals surface area contributed by atoms with Gasteiger partial charge in [-0.1, -0.05) is 5.16 Å². The first-order chi connectivity index (χ1) is 9.33. The smallest absolute Gasteiger partial charge is 0.254 e. The van der Waals surface area contributed by atoms with Crippen molar-refractivity contribution in [2.75, 3.05) is 20.2 Å². The highest BCUT2D eigenvalue weighted by molar-refractivity contribution is 5.84. The number of rotatable bonds is 4. The number of likely N-dealkylation sites (tertiary alicyclic amines) is 1. The van der Waals surface area contributed by atoms with E-state index in [2.05, 4.69) is 5.16 Å². The van der Waals surface area contributed by atoms with Crippen LogP contribution in [-0.4, -0.2) is 53.0 Å². The number of hydrogen-bond acceptors (Lipinski definition) is 5. The fourth-order valence-corrected chi connectivity index (χ4v) is 2.46. The summed E-state index contributed by atoms with van der Waals surface area (Å²) in [5.41, 5.74) is -0.0433. The Kier molecular flexibility index (Phi) is 4.15. The molecule has 1 aliphatic heterocycles. The minimum atomic E-state index is -0.864. The van der Waals surface area contributed by atoms with Gasteiger partial charge in [0.25, 0.3) is 5.91 Å². The lowest BCUT2D eigenvalue weighted by Crippen LogP contribution is -2.45. The van der Waals surface area contributed by atoms with Crippen molar-refractivity contribution >= 4 is 5.91 Å². The number of aryl methyl sites for hydroxylation is 1. The van der Waals surface area contributed by atoms with E-state index < -0.39 is 11.7 Å². The number of aromatic nitrogens is 1. The Morgan fingerprint density at radius 3 is 2.85 bits per heavy atom. The molecule has 2 rings (SSSR count). The molecule has 0 spiro atoms. The van der Waals surface area contributed by atoms with E-state index in [0.29, 0.717) is 19.5 Å². The van der Waals surface area contributed by atoms with E-state index in [1.165, 1.54) is 7.11 Å². The second-order valence-electron chi connectivity index (χ2n) is 5.89. The first-order valence-electron chi connectivity index (χ1n) is 6.78. The molecule has 0 unspecified atom stereocenters. The summed E-state index contributed by atoms with van der Waals surface area (Å²) in [4.78, 5) is 14.0. The van der Waals surface area contributed by atoms with E-state index >= 15 is 0 Å². The molecule has 1 aromatic rings. The van der Waals surface area contributed by atoms with Crippen LogP contribution < -0.4 is 0 Å². The second kappa shape index (κ2) is 5.54. The molecule has 0 aliphatic carbocycles. The van der Waals surface area contributed by atoms with Crippen LogP contribution >= 0.6 is 0 Å². The zero-order valence-corrected chi connectivity index (χ0v) is 12.4. The Bertz CT molecular complexity index is 483. The minimum absolute atomic E-state index is 0.0287. The number of carbonyl (C=O) groups excluding carboxylic acids is 1. The number of amides is 1. The van der Waals surface area contributed by atoms with Crippen LogP contribution in [0.2, 0.25) is 0 Å². The lowest BCUT2D eigenvalue weighted by molar-refractivity contribution is -0.150. The van der Waals surface area contributed by atoms with E-state index in [9.17, 15) is 9.90 Å². The molecule has 1 aromatic heterocycles. The first kappa shape index (κ1) is 15.0. The van der Waals surface area contributed by atoms with E-state index in [1.807, 2.05) is 13.0 Å². The molecule has 1 amide bonds. The average Bonchev–Trinajstić information content (AvgIpc) is 2.96. The molecule has 20 heavy (non-hydrogen) atoms. The Hall–Kier alpha value is -1.40. The van der Waals surface area contributed by atoms with Gasteiger partial charge in [-0.15, -0.1) is 0 Å². The maximum Gasteiger partial charge on any atom is 0.254 e. The monoisotopic (exact) mass is 282 g/mol. The van der Waals surface area contributed by atoms with Crippen molar-refractivity contribution in [3.63, 3.8) is 0 Å². The fraction of sp³-hybridized carbons (Fsp3) is 0.714. The van der Waals surface area contributed by atoms with Gasteiger partial charge in [-0.05, 0) is 20.8 Å². The number of nitrogens with zero attached hydrogens (tertiary/aromatic N) is 2. The van der Waals surface area contributed by atoms with Gasteiger partial charge in [-0.2, -0.15) is 0 Å². The lowest BCUT2D eigenvalue weighted by Gasteiger charge is -2.27. The number of aliphatic hydroxyl groups excluding tert-OH is 1. The van der Waals surface area contributed by atoms with Crippen LogP contribution in [-0.2, 0) is 16.0 Å². The van der Waals surface area contributed by atoms with Gasteiger partial charge < -0.3 is 19.3 Å². The van der Waals surface area contributed by atoms with E-state index in [0.717, 1.165) is 11.5 Å². The highest BCUT2D eigenvalue weighted by Crippen LogP contribution is 2.25. The third-order valence-electron chi connectivity index (χ3n) is 3.86. The van der Waals surface area contributed by atoms with E-state index in [4.69, 9.17) is 9.26 Å². The van der Waals surface area contributed by atoms with Crippen molar-refractivity contribution in [1.82, 2.24) is 10.1 Å². The summed E-state index contributed by atoms with van der Waals surface area (Å²) in [6, 6.07) is 1.86. The molecule has 6 heteroatoms. The number of carbonyl (C=O) groups is 1. The van der Waals surface area contributed by atoms with Crippen molar-refractivity contribution in [3.8, 4) is 0 Å². The summed E-state index contributed by atoms with van der Waals surface area (Å²) >= 11 is 0. The van der Waals surface area contributed by atoms with Gasteiger partial charge in [0.2, 0.25) is 0 Å². The molecule has 1 saturated heterocycles. The number of aliphatic hydroxyl groups is 1. The molecule has 6 nitrogen and oxygen atoms in total. The van der Waals surface area contributed by atoms with Crippen LogP contribution in [0, 0.1) is 12.8 Å². The Balaban J connectivity index is 2.00. The summed E-state index contributed by atoms with van der Waals surface area (Å²) < 4.78 is 10.4. The van der Waals surface area contributed by atoms with Gasteiger partial charge in [-0.25, -0.2) is 0 Å². The van der Waals surface area contributed by atoms with Crippen molar-refractivity contribution in [1.29, 1.82) is 0 Å². The molecule has 1 fully saturated rings. The summed E-state index contributed by atoms with van der Waals surface area (Å²) in [5.74, 6) is 0.612. The third-order valence-corrected chi connectivity index (χ3v) is 3.86. The van der Waals surface area contributed by atoms with Crippen LogP contribution in [0.25, 0.3) is 0 Å². The normalized spacial score (nSPS) is 23.4. The molecule has 1 N–H and O–H groups in total. The summed E-state index contributed by atoms with van der Waals surface area (Å²) in [6.07, 6.45) is 0.0381. The molecule has 1 aliphatic rings. The number of hydrogen-bond donors (Lipinski definition) is 1. The van der Waals surface area contributed by atoms with Crippen molar-refractivity contribution in [3.05, 3.63) is 17.5 Å². The van der Waals surface area contributed by atoms with Gasteiger partial charge >= 0.3 is 0 Å².